The van der Waals surface area contributed by atoms with Crippen LogP contribution >= 0.6 is 0 Å². The zero-order chi connectivity index (χ0) is 13.4. The van der Waals surface area contributed by atoms with Crippen molar-refractivity contribution in [3.63, 3.8) is 0 Å². The summed E-state index contributed by atoms with van der Waals surface area (Å²) in [4.78, 5) is 30.0. The van der Waals surface area contributed by atoms with Crippen LogP contribution in [0.15, 0.2) is 35.5 Å². The normalized spacial score (nSPS) is 11.2. The van der Waals surface area contributed by atoms with Gasteiger partial charge in [-0.1, -0.05) is 0 Å². The number of azo groups is 1. The molecule has 11 heteroatoms. The van der Waals surface area contributed by atoms with Crippen LogP contribution in [0.25, 0.3) is 22.3 Å². The molecular formula is C10H6N10Na. The van der Waals surface area contributed by atoms with Gasteiger partial charge in [-0.05, 0) is 0 Å². The van der Waals surface area contributed by atoms with Gasteiger partial charge >= 0.3 is 0 Å². The number of aromatic nitrogens is 8. The number of imidazole rings is 2. The fourth-order valence-corrected chi connectivity index (χ4v) is 1.75. The van der Waals surface area contributed by atoms with Gasteiger partial charge in [0, 0.05) is 29.6 Å². The number of fused-ring (bicyclic) bond motifs is 2. The van der Waals surface area contributed by atoms with Gasteiger partial charge in [-0.25, -0.2) is 29.9 Å². The molecule has 4 aromatic rings. The zero-order valence-corrected chi connectivity index (χ0v) is 12.9. The van der Waals surface area contributed by atoms with E-state index in [1.807, 2.05) is 0 Å². The van der Waals surface area contributed by atoms with E-state index in [4.69, 9.17) is 0 Å². The van der Waals surface area contributed by atoms with Crippen molar-refractivity contribution in [1.82, 2.24) is 39.9 Å². The smallest absolute Gasteiger partial charge is 0.203 e. The molecule has 21 heavy (non-hydrogen) atoms. The van der Waals surface area contributed by atoms with Gasteiger partial charge in [0.25, 0.3) is 0 Å². The van der Waals surface area contributed by atoms with Crippen LogP contribution < -0.4 is 0 Å². The van der Waals surface area contributed by atoms with Crippen LogP contribution in [-0.2, 0) is 0 Å². The van der Waals surface area contributed by atoms with E-state index in [9.17, 15) is 0 Å². The molecule has 0 saturated carbocycles. The Hall–Kier alpha value is -2.30. The molecule has 0 unspecified atom stereocenters. The minimum absolute atomic E-state index is 0. The Kier molecular flexibility index (Phi) is 3.64. The zero-order valence-electron chi connectivity index (χ0n) is 10.9. The molecule has 0 bridgehead atoms. The predicted molar refractivity (Wildman–Crippen MR) is 73.3 cm³/mol. The quantitative estimate of drug-likeness (QED) is 0.418. The molecule has 0 amide bonds. The second kappa shape index (κ2) is 5.60. The van der Waals surface area contributed by atoms with Crippen LogP contribution in [0.1, 0.15) is 0 Å². The summed E-state index contributed by atoms with van der Waals surface area (Å²) in [5.74, 6) is 0.776. The molecule has 2 N–H and O–H groups in total. The Morgan fingerprint density at radius 2 is 1.14 bits per heavy atom. The maximum Gasteiger partial charge on any atom is 0.203 e. The molecule has 97 valence electrons. The maximum absolute atomic E-state index is 4.07. The van der Waals surface area contributed by atoms with Crippen LogP contribution in [0.2, 0.25) is 0 Å². The van der Waals surface area contributed by atoms with Crippen molar-refractivity contribution in [3.05, 3.63) is 25.3 Å². The fourth-order valence-electron chi connectivity index (χ4n) is 1.75. The number of nitrogens with one attached hydrogen (secondary N) is 2. The molecule has 10 nitrogen and oxygen atoms in total. The monoisotopic (exact) mass is 289 g/mol. The van der Waals surface area contributed by atoms with Crippen molar-refractivity contribution in [2.24, 2.45) is 10.2 Å². The summed E-state index contributed by atoms with van der Waals surface area (Å²) in [6.07, 6.45) is 5.80. The van der Waals surface area contributed by atoms with Gasteiger partial charge in [0.05, 0.1) is 12.7 Å². The first-order valence-electron chi connectivity index (χ1n) is 5.62. The summed E-state index contributed by atoms with van der Waals surface area (Å²) in [7, 11) is 0. The van der Waals surface area contributed by atoms with Crippen molar-refractivity contribution < 1.29 is 0 Å². The van der Waals surface area contributed by atoms with Crippen LogP contribution in [0, 0.1) is 0 Å². The van der Waals surface area contributed by atoms with Gasteiger partial charge in [-0.2, -0.15) is 0 Å². The SMILES string of the molecule is [Na].c1nc(N=Nc2ncnc3nc[nH]c23)c2[nH]cnc2n1. The van der Waals surface area contributed by atoms with Crippen molar-refractivity contribution in [3.8, 4) is 0 Å². The molecule has 4 rings (SSSR count). The van der Waals surface area contributed by atoms with Crippen molar-refractivity contribution in [2.45, 2.75) is 0 Å². The molecular weight excluding hydrogens is 283 g/mol. The summed E-state index contributed by atoms with van der Waals surface area (Å²) in [6, 6.07) is 0. The summed E-state index contributed by atoms with van der Waals surface area (Å²) in [5, 5.41) is 8.14. The Bertz CT molecular complexity index is 850. The first-order valence-corrected chi connectivity index (χ1v) is 5.62. The molecule has 0 aliphatic rings. The molecule has 0 aromatic carbocycles. The average Bonchev–Trinajstić information content (AvgIpc) is 3.13. The first-order chi connectivity index (χ1) is 9.92. The van der Waals surface area contributed by atoms with Crippen LogP contribution in [0.5, 0.6) is 0 Å². The summed E-state index contributed by atoms with van der Waals surface area (Å²) in [5.41, 5.74) is 2.30. The number of rotatable bonds is 2. The van der Waals surface area contributed by atoms with Gasteiger partial charge in [-0.15, -0.1) is 10.2 Å². The van der Waals surface area contributed by atoms with Crippen LogP contribution in [0.3, 0.4) is 0 Å². The van der Waals surface area contributed by atoms with E-state index in [1.165, 1.54) is 25.3 Å². The molecule has 1 radical (unpaired) electrons. The number of hydrogen-bond donors (Lipinski definition) is 2. The van der Waals surface area contributed by atoms with E-state index in [0.717, 1.165) is 0 Å². The van der Waals surface area contributed by atoms with Gasteiger partial charge in [0.2, 0.25) is 11.6 Å². The van der Waals surface area contributed by atoms with Gasteiger partial charge in [-0.3, -0.25) is 0 Å². The largest absolute Gasteiger partial charge is 0.340 e. The fraction of sp³-hybridized carbons (Fsp3) is 0. The topological polar surface area (TPSA) is 134 Å². The number of nitrogens with zero attached hydrogens (tertiary/aromatic N) is 8. The number of aromatic amines is 2. The molecule has 0 atom stereocenters. The van der Waals surface area contributed by atoms with E-state index in [-0.39, 0.29) is 29.6 Å². The third-order valence-corrected chi connectivity index (χ3v) is 2.65. The number of hydrogen-bond acceptors (Lipinski definition) is 8. The summed E-state index contributed by atoms with van der Waals surface area (Å²) >= 11 is 0. The molecule has 0 aliphatic heterocycles. The Balaban J connectivity index is 0.00000132. The van der Waals surface area contributed by atoms with Crippen molar-refractivity contribution in [1.29, 1.82) is 0 Å². The second-order valence-electron chi connectivity index (χ2n) is 3.80. The Morgan fingerprint density at radius 3 is 1.62 bits per heavy atom. The summed E-state index contributed by atoms with van der Waals surface area (Å²) < 4.78 is 0. The molecule has 0 aliphatic carbocycles. The average molecular weight is 289 g/mol. The van der Waals surface area contributed by atoms with E-state index in [2.05, 4.69) is 50.1 Å². The maximum atomic E-state index is 4.07. The van der Waals surface area contributed by atoms with Gasteiger partial charge in [0.1, 0.15) is 23.7 Å². The van der Waals surface area contributed by atoms with Crippen molar-refractivity contribution >= 4 is 63.5 Å². The third-order valence-electron chi connectivity index (χ3n) is 2.65. The van der Waals surface area contributed by atoms with Crippen LogP contribution in [0.4, 0.5) is 11.6 Å². The van der Waals surface area contributed by atoms with Crippen molar-refractivity contribution in [2.75, 3.05) is 0 Å². The van der Waals surface area contributed by atoms with E-state index < -0.39 is 0 Å². The molecule has 0 fully saturated rings. The molecule has 0 saturated heterocycles. The molecule has 4 heterocycles. The number of H-pyrrole nitrogens is 2. The summed E-state index contributed by atoms with van der Waals surface area (Å²) in [6.45, 7) is 0. The Morgan fingerprint density at radius 1 is 0.667 bits per heavy atom. The van der Waals surface area contributed by atoms with E-state index in [1.54, 1.807) is 0 Å². The minimum Gasteiger partial charge on any atom is -0.340 e. The second-order valence-corrected chi connectivity index (χ2v) is 3.80. The van der Waals surface area contributed by atoms with Gasteiger partial charge in [0.15, 0.2) is 11.3 Å². The van der Waals surface area contributed by atoms with Gasteiger partial charge < -0.3 is 9.97 Å². The Labute approximate surface area is 138 Å². The minimum atomic E-state index is 0. The van der Waals surface area contributed by atoms with E-state index >= 15 is 0 Å². The third kappa shape index (κ3) is 2.39. The van der Waals surface area contributed by atoms with E-state index in [0.29, 0.717) is 34.0 Å². The molecule has 4 aromatic heterocycles. The first kappa shape index (κ1) is 13.7. The van der Waals surface area contributed by atoms with Crippen LogP contribution in [-0.4, -0.2) is 69.4 Å². The standard InChI is InChI=1S/C10H6N10.Na/c1-11-5-7(13-1)15-3-17-9(5)19-20-10-6-8(14-2-12-6)16-4-18-10;/h1-4H,(H,11,13,15,17)(H,12,14,16,18);. The molecule has 0 spiro atoms. The predicted octanol–water partition coefficient (Wildman–Crippen LogP) is 1.05.